The molecule has 112 valence electrons. The van der Waals surface area contributed by atoms with Gasteiger partial charge in [-0.25, -0.2) is 0 Å². The molecule has 6 heteroatoms. The SMILES string of the molecule is Cc1cccc(-c2noc(CNC3CSCCSC3)n2)c1. The molecule has 1 saturated heterocycles. The molecular formula is C15H19N3OS2. The van der Waals surface area contributed by atoms with Gasteiger partial charge in [0.25, 0.3) is 0 Å². The third-order valence-corrected chi connectivity index (χ3v) is 5.82. The number of nitrogens with zero attached hydrogens (tertiary/aromatic N) is 2. The first kappa shape index (κ1) is 14.9. The Balaban J connectivity index is 1.60. The van der Waals surface area contributed by atoms with Crippen LogP contribution in [0.3, 0.4) is 0 Å². The maximum absolute atomic E-state index is 5.34. The van der Waals surface area contributed by atoms with Crippen LogP contribution in [0.2, 0.25) is 0 Å². The highest BCUT2D eigenvalue weighted by Crippen LogP contribution is 2.18. The molecule has 3 rings (SSSR count). The van der Waals surface area contributed by atoms with E-state index >= 15 is 0 Å². The van der Waals surface area contributed by atoms with Gasteiger partial charge in [0.15, 0.2) is 0 Å². The molecule has 4 nitrogen and oxygen atoms in total. The Morgan fingerprint density at radius 1 is 1.29 bits per heavy atom. The van der Waals surface area contributed by atoms with Crippen LogP contribution in [-0.2, 0) is 6.54 Å². The summed E-state index contributed by atoms with van der Waals surface area (Å²) in [6.45, 7) is 2.71. The van der Waals surface area contributed by atoms with Gasteiger partial charge in [-0.15, -0.1) is 0 Å². The number of aromatic nitrogens is 2. The average Bonchev–Trinajstić information content (AvgIpc) is 2.81. The minimum absolute atomic E-state index is 0.525. The fraction of sp³-hybridized carbons (Fsp3) is 0.467. The van der Waals surface area contributed by atoms with Crippen molar-refractivity contribution in [3.63, 3.8) is 0 Å². The number of aryl methyl sites for hydroxylation is 1. The minimum atomic E-state index is 0.525. The molecule has 1 aliphatic heterocycles. The van der Waals surface area contributed by atoms with E-state index < -0.39 is 0 Å². The molecule has 2 heterocycles. The van der Waals surface area contributed by atoms with Crippen molar-refractivity contribution in [2.75, 3.05) is 23.0 Å². The van der Waals surface area contributed by atoms with Gasteiger partial charge in [0.2, 0.25) is 11.7 Å². The molecule has 21 heavy (non-hydrogen) atoms. The van der Waals surface area contributed by atoms with Crippen molar-refractivity contribution in [2.45, 2.75) is 19.5 Å². The summed E-state index contributed by atoms with van der Waals surface area (Å²) in [6, 6.07) is 8.68. The third-order valence-electron chi connectivity index (χ3n) is 3.30. The Labute approximate surface area is 133 Å². The van der Waals surface area contributed by atoms with Crippen LogP contribution in [0.25, 0.3) is 11.4 Å². The van der Waals surface area contributed by atoms with Crippen molar-refractivity contribution in [1.82, 2.24) is 15.5 Å². The Bertz CT molecular complexity index is 580. The standard InChI is InChI=1S/C15H19N3OS2/c1-11-3-2-4-12(7-11)15-17-14(19-18-15)8-16-13-9-20-5-6-21-10-13/h2-4,7,13,16H,5-6,8-10H2,1H3. The first-order chi connectivity index (χ1) is 10.3. The number of nitrogens with one attached hydrogen (secondary N) is 1. The van der Waals surface area contributed by atoms with Gasteiger partial charge in [0, 0.05) is 34.6 Å². The van der Waals surface area contributed by atoms with Crippen molar-refractivity contribution in [3.8, 4) is 11.4 Å². The number of hydrogen-bond donors (Lipinski definition) is 1. The number of benzene rings is 1. The van der Waals surface area contributed by atoms with Crippen LogP contribution in [0.5, 0.6) is 0 Å². The predicted molar refractivity (Wildman–Crippen MR) is 89.7 cm³/mol. The molecule has 1 aromatic carbocycles. The molecule has 0 unspecified atom stereocenters. The van der Waals surface area contributed by atoms with Gasteiger partial charge < -0.3 is 9.84 Å². The van der Waals surface area contributed by atoms with E-state index in [2.05, 4.69) is 34.5 Å². The van der Waals surface area contributed by atoms with Crippen molar-refractivity contribution >= 4 is 23.5 Å². The molecule has 0 bridgehead atoms. The summed E-state index contributed by atoms with van der Waals surface area (Å²) in [5.41, 5.74) is 2.20. The van der Waals surface area contributed by atoms with Crippen LogP contribution in [-0.4, -0.2) is 39.2 Å². The largest absolute Gasteiger partial charge is 0.338 e. The van der Waals surface area contributed by atoms with Crippen molar-refractivity contribution < 1.29 is 4.52 Å². The van der Waals surface area contributed by atoms with E-state index in [1.165, 1.54) is 17.1 Å². The Hall–Kier alpha value is -0.980. The van der Waals surface area contributed by atoms with Crippen LogP contribution in [0.15, 0.2) is 28.8 Å². The lowest BCUT2D eigenvalue weighted by atomic mass is 10.1. The molecule has 0 aliphatic carbocycles. The average molecular weight is 321 g/mol. The number of rotatable bonds is 4. The van der Waals surface area contributed by atoms with Gasteiger partial charge in [-0.1, -0.05) is 28.9 Å². The molecular weight excluding hydrogens is 302 g/mol. The van der Waals surface area contributed by atoms with E-state index in [-0.39, 0.29) is 0 Å². The summed E-state index contributed by atoms with van der Waals surface area (Å²) in [5, 5.41) is 7.59. The monoisotopic (exact) mass is 321 g/mol. The van der Waals surface area contributed by atoms with Crippen LogP contribution >= 0.6 is 23.5 Å². The lowest BCUT2D eigenvalue weighted by Crippen LogP contribution is -2.32. The fourth-order valence-electron chi connectivity index (χ4n) is 2.19. The summed E-state index contributed by atoms with van der Waals surface area (Å²) in [4.78, 5) is 4.48. The third kappa shape index (κ3) is 4.25. The Morgan fingerprint density at radius 3 is 2.86 bits per heavy atom. The van der Waals surface area contributed by atoms with E-state index in [9.17, 15) is 0 Å². The summed E-state index contributed by atoms with van der Waals surface area (Å²) < 4.78 is 5.34. The predicted octanol–water partition coefficient (Wildman–Crippen LogP) is 2.98. The van der Waals surface area contributed by atoms with Gasteiger partial charge in [-0.3, -0.25) is 0 Å². The molecule has 0 saturated carbocycles. The van der Waals surface area contributed by atoms with Crippen molar-refractivity contribution in [2.24, 2.45) is 0 Å². The van der Waals surface area contributed by atoms with Crippen LogP contribution in [0, 0.1) is 6.92 Å². The van der Waals surface area contributed by atoms with E-state index in [0.29, 0.717) is 24.3 Å². The van der Waals surface area contributed by atoms with E-state index in [0.717, 1.165) is 17.1 Å². The van der Waals surface area contributed by atoms with Gasteiger partial charge in [-0.2, -0.15) is 28.5 Å². The van der Waals surface area contributed by atoms with E-state index in [1.54, 1.807) is 0 Å². The highest BCUT2D eigenvalue weighted by molar-refractivity contribution is 8.03. The number of hydrogen-bond acceptors (Lipinski definition) is 6. The molecule has 1 N–H and O–H groups in total. The minimum Gasteiger partial charge on any atom is -0.338 e. The first-order valence-electron chi connectivity index (χ1n) is 7.10. The molecule has 1 aliphatic rings. The second kappa shape index (κ2) is 7.33. The summed E-state index contributed by atoms with van der Waals surface area (Å²) in [7, 11) is 0. The van der Waals surface area contributed by atoms with E-state index in [1.807, 2.05) is 35.7 Å². The van der Waals surface area contributed by atoms with Gasteiger partial charge in [-0.05, 0) is 13.0 Å². The zero-order chi connectivity index (χ0) is 14.5. The van der Waals surface area contributed by atoms with Crippen molar-refractivity contribution in [3.05, 3.63) is 35.7 Å². The second-order valence-electron chi connectivity index (χ2n) is 5.11. The molecule has 0 atom stereocenters. The normalized spacial score (nSPS) is 16.8. The topological polar surface area (TPSA) is 51.0 Å². The lowest BCUT2D eigenvalue weighted by molar-refractivity contribution is 0.363. The lowest BCUT2D eigenvalue weighted by Gasteiger charge is -2.13. The quantitative estimate of drug-likeness (QED) is 0.934. The Morgan fingerprint density at radius 2 is 2.10 bits per heavy atom. The first-order valence-corrected chi connectivity index (χ1v) is 9.41. The molecule has 0 amide bonds. The van der Waals surface area contributed by atoms with E-state index in [4.69, 9.17) is 4.52 Å². The summed E-state index contributed by atoms with van der Waals surface area (Å²) in [5.74, 6) is 6.14. The van der Waals surface area contributed by atoms with Crippen molar-refractivity contribution in [1.29, 1.82) is 0 Å². The molecule has 0 radical (unpaired) electrons. The Kier molecular flexibility index (Phi) is 5.22. The maximum atomic E-state index is 5.34. The fourth-order valence-corrected chi connectivity index (χ4v) is 4.66. The van der Waals surface area contributed by atoms with Crippen LogP contribution < -0.4 is 5.32 Å². The summed E-state index contributed by atoms with van der Waals surface area (Å²) >= 11 is 4.03. The highest BCUT2D eigenvalue weighted by Gasteiger charge is 2.14. The van der Waals surface area contributed by atoms with Gasteiger partial charge in [0.05, 0.1) is 6.54 Å². The van der Waals surface area contributed by atoms with Crippen LogP contribution in [0.4, 0.5) is 0 Å². The second-order valence-corrected chi connectivity index (χ2v) is 7.41. The highest BCUT2D eigenvalue weighted by atomic mass is 32.2. The van der Waals surface area contributed by atoms with Gasteiger partial charge in [0.1, 0.15) is 0 Å². The van der Waals surface area contributed by atoms with Gasteiger partial charge >= 0.3 is 0 Å². The molecule has 1 aromatic heterocycles. The zero-order valence-electron chi connectivity index (χ0n) is 12.0. The maximum Gasteiger partial charge on any atom is 0.240 e. The molecule has 1 fully saturated rings. The number of thioether (sulfide) groups is 2. The zero-order valence-corrected chi connectivity index (χ0v) is 13.7. The molecule has 0 spiro atoms. The van der Waals surface area contributed by atoms with Crippen LogP contribution in [0.1, 0.15) is 11.5 Å². The summed E-state index contributed by atoms with van der Waals surface area (Å²) in [6.07, 6.45) is 0. The smallest absolute Gasteiger partial charge is 0.240 e. The molecule has 2 aromatic rings.